The molecule has 4 rings (SSSR count). The Labute approximate surface area is 181 Å². The molecule has 0 aliphatic carbocycles. The van der Waals surface area contributed by atoms with E-state index in [0.29, 0.717) is 10.6 Å². The Morgan fingerprint density at radius 1 is 1.47 bits per heavy atom. The largest absolute Gasteiger partial charge is 0.385 e. The van der Waals surface area contributed by atoms with Gasteiger partial charge in [-0.3, -0.25) is 4.79 Å². The van der Waals surface area contributed by atoms with Gasteiger partial charge in [-0.25, -0.2) is 9.98 Å². The summed E-state index contributed by atoms with van der Waals surface area (Å²) >= 11 is 1.39. The van der Waals surface area contributed by atoms with Gasteiger partial charge in [0.25, 0.3) is 0 Å². The van der Waals surface area contributed by atoms with Crippen molar-refractivity contribution in [1.29, 1.82) is 0 Å². The van der Waals surface area contributed by atoms with Crippen LogP contribution in [0.4, 0.5) is 11.4 Å². The number of thiophene rings is 1. The van der Waals surface area contributed by atoms with Crippen molar-refractivity contribution in [3.8, 4) is 0 Å². The third-order valence-corrected chi connectivity index (χ3v) is 6.02. The maximum absolute atomic E-state index is 12.9. The minimum atomic E-state index is -0.579. The smallest absolute Gasteiger partial charge is 0.194 e. The number of Topliss-reactive ketones (excluding diaryl/α,β-unsaturated/α-hetero) is 1. The first-order valence-corrected chi connectivity index (χ1v) is 10.9. The molecular formula is C22H28N4O3S. The molecule has 0 spiro atoms. The second-order valence-corrected chi connectivity index (χ2v) is 7.77. The van der Waals surface area contributed by atoms with Gasteiger partial charge < -0.3 is 19.7 Å². The van der Waals surface area contributed by atoms with Crippen LogP contribution < -0.4 is 5.32 Å². The molecule has 8 heteroatoms. The highest BCUT2D eigenvalue weighted by atomic mass is 32.1. The van der Waals surface area contributed by atoms with Crippen molar-refractivity contribution in [2.75, 3.05) is 25.2 Å². The number of nitrogens with zero attached hydrogens (tertiary/aromatic N) is 3. The molecule has 0 amide bonds. The highest BCUT2D eigenvalue weighted by molar-refractivity contribution is 7.21. The molecule has 2 atom stereocenters. The second kappa shape index (κ2) is 9.51. The Kier molecular flexibility index (Phi) is 7.02. The number of carbonyl (C=O) groups excluding carboxylic acids is 1. The lowest BCUT2D eigenvalue weighted by atomic mass is 9.99. The van der Waals surface area contributed by atoms with Crippen LogP contribution in [-0.4, -0.2) is 53.6 Å². The SMILES string of the molecule is C=CC1(C)OCOC1/C=C/N1C=Nc2c(sc3nccc(NCC)c23)C(=O)C1.CC. The number of ether oxygens (including phenoxy) is 2. The van der Waals surface area contributed by atoms with E-state index in [9.17, 15) is 4.79 Å². The molecule has 160 valence electrons. The fraction of sp³-hybridized carbons (Fsp3) is 0.409. The number of hydrogen-bond acceptors (Lipinski definition) is 8. The van der Waals surface area contributed by atoms with Gasteiger partial charge in [0.15, 0.2) is 5.78 Å². The Morgan fingerprint density at radius 3 is 3.00 bits per heavy atom. The summed E-state index contributed by atoms with van der Waals surface area (Å²) in [7, 11) is 0. The number of rotatable bonds is 5. The number of ketones is 1. The first-order valence-electron chi connectivity index (χ1n) is 10.1. The zero-order valence-corrected chi connectivity index (χ0v) is 18.7. The summed E-state index contributed by atoms with van der Waals surface area (Å²) in [6.45, 7) is 13.0. The summed E-state index contributed by atoms with van der Waals surface area (Å²) in [4.78, 5) is 25.1. The summed E-state index contributed by atoms with van der Waals surface area (Å²) in [6, 6.07) is 1.91. The lowest BCUT2D eigenvalue weighted by Crippen LogP contribution is -2.33. The first kappa shape index (κ1) is 22.1. The summed E-state index contributed by atoms with van der Waals surface area (Å²) < 4.78 is 11.2. The van der Waals surface area contributed by atoms with Gasteiger partial charge in [-0.15, -0.1) is 17.9 Å². The van der Waals surface area contributed by atoms with E-state index in [-0.39, 0.29) is 25.2 Å². The Bertz CT molecular complexity index is 984. The van der Waals surface area contributed by atoms with Crippen molar-refractivity contribution in [1.82, 2.24) is 9.88 Å². The van der Waals surface area contributed by atoms with E-state index in [1.807, 2.05) is 46.0 Å². The molecule has 2 aliphatic heterocycles. The minimum absolute atomic E-state index is 0.0117. The van der Waals surface area contributed by atoms with Crippen LogP contribution in [0.1, 0.15) is 37.4 Å². The van der Waals surface area contributed by atoms with Gasteiger partial charge in [0.05, 0.1) is 24.0 Å². The van der Waals surface area contributed by atoms with Gasteiger partial charge in [0.2, 0.25) is 0 Å². The summed E-state index contributed by atoms with van der Waals surface area (Å²) in [5.74, 6) is 0.0117. The first-order chi connectivity index (χ1) is 14.6. The zero-order valence-electron chi connectivity index (χ0n) is 17.8. The van der Waals surface area contributed by atoms with E-state index in [1.165, 1.54) is 11.3 Å². The normalized spacial score (nSPS) is 23.3. The van der Waals surface area contributed by atoms with Gasteiger partial charge >= 0.3 is 0 Å². The third-order valence-electron chi connectivity index (χ3n) is 4.89. The Balaban J connectivity index is 0.00000124. The molecule has 2 aliphatic rings. The van der Waals surface area contributed by atoms with Crippen molar-refractivity contribution in [3.05, 3.63) is 42.1 Å². The Morgan fingerprint density at radius 2 is 2.27 bits per heavy atom. The zero-order chi connectivity index (χ0) is 21.7. The second-order valence-electron chi connectivity index (χ2n) is 6.77. The van der Waals surface area contributed by atoms with E-state index in [4.69, 9.17) is 9.47 Å². The van der Waals surface area contributed by atoms with Crippen LogP contribution in [0.15, 0.2) is 42.2 Å². The van der Waals surface area contributed by atoms with E-state index < -0.39 is 5.60 Å². The molecule has 0 aromatic carbocycles. The van der Waals surface area contributed by atoms with Crippen LogP contribution >= 0.6 is 11.3 Å². The summed E-state index contributed by atoms with van der Waals surface area (Å²) in [5.41, 5.74) is 1.04. The molecule has 4 heterocycles. The molecule has 0 radical (unpaired) electrons. The van der Waals surface area contributed by atoms with Crippen molar-refractivity contribution in [3.63, 3.8) is 0 Å². The lowest BCUT2D eigenvalue weighted by Gasteiger charge is -2.22. The van der Waals surface area contributed by atoms with Gasteiger partial charge in [0, 0.05) is 24.6 Å². The van der Waals surface area contributed by atoms with Crippen LogP contribution in [0, 0.1) is 0 Å². The molecule has 1 saturated heterocycles. The molecule has 1 fully saturated rings. The predicted molar refractivity (Wildman–Crippen MR) is 123 cm³/mol. The predicted octanol–water partition coefficient (Wildman–Crippen LogP) is 4.74. The van der Waals surface area contributed by atoms with Gasteiger partial charge in [0.1, 0.15) is 28.2 Å². The van der Waals surface area contributed by atoms with Gasteiger partial charge in [-0.05, 0) is 26.0 Å². The molecule has 2 aromatic rings. The average molecular weight is 429 g/mol. The molecular weight excluding hydrogens is 400 g/mol. The average Bonchev–Trinajstić information content (AvgIpc) is 3.29. The van der Waals surface area contributed by atoms with E-state index >= 15 is 0 Å². The van der Waals surface area contributed by atoms with Gasteiger partial charge in [-0.1, -0.05) is 19.9 Å². The fourth-order valence-electron chi connectivity index (χ4n) is 3.25. The number of nitrogens with one attached hydrogen (secondary N) is 1. The van der Waals surface area contributed by atoms with Crippen molar-refractivity contribution in [2.45, 2.75) is 39.4 Å². The van der Waals surface area contributed by atoms with Gasteiger partial charge in [-0.2, -0.15) is 0 Å². The molecule has 2 aromatic heterocycles. The third kappa shape index (κ3) is 4.16. The van der Waals surface area contributed by atoms with E-state index in [1.54, 1.807) is 23.5 Å². The minimum Gasteiger partial charge on any atom is -0.385 e. The monoisotopic (exact) mass is 428 g/mol. The highest BCUT2D eigenvalue weighted by Gasteiger charge is 2.37. The van der Waals surface area contributed by atoms with Crippen molar-refractivity contribution in [2.24, 2.45) is 4.99 Å². The molecule has 0 bridgehead atoms. The van der Waals surface area contributed by atoms with Crippen molar-refractivity contribution < 1.29 is 14.3 Å². The van der Waals surface area contributed by atoms with Crippen molar-refractivity contribution >= 4 is 45.0 Å². The molecule has 1 N–H and O–H groups in total. The number of carbonyl (C=O) groups is 1. The fourth-order valence-corrected chi connectivity index (χ4v) is 4.30. The topological polar surface area (TPSA) is 76.1 Å². The van der Waals surface area contributed by atoms with Crippen LogP contribution in [0.5, 0.6) is 0 Å². The number of fused-ring (bicyclic) bond motifs is 3. The Hall–Kier alpha value is -2.55. The number of anilines is 1. The lowest BCUT2D eigenvalue weighted by molar-refractivity contribution is 0.0252. The summed E-state index contributed by atoms with van der Waals surface area (Å²) in [6.07, 6.45) is 8.57. The molecule has 7 nitrogen and oxygen atoms in total. The van der Waals surface area contributed by atoms with Crippen LogP contribution in [0.25, 0.3) is 10.2 Å². The van der Waals surface area contributed by atoms with Crippen LogP contribution in [0.3, 0.4) is 0 Å². The summed E-state index contributed by atoms with van der Waals surface area (Å²) in [5, 5.41) is 4.22. The van der Waals surface area contributed by atoms with Crippen LogP contribution in [-0.2, 0) is 9.47 Å². The number of pyridine rings is 1. The number of hydrogen-bond donors (Lipinski definition) is 1. The standard InChI is InChI=1S/C20H22N4O3S.C2H6/c1-4-20(3)15(26-12-27-20)7-9-24-10-14(25)18-17(23-11-24)16-13(21-5-2)6-8-22-19(16)28-18;1-2/h4,6-9,11,15H,1,5,10,12H2,2-3H3,(H,21,22);1-2H3/b9-7+;. The molecule has 30 heavy (non-hydrogen) atoms. The maximum atomic E-state index is 12.9. The molecule has 0 saturated carbocycles. The van der Waals surface area contributed by atoms with E-state index in [0.717, 1.165) is 22.4 Å². The quantitative estimate of drug-likeness (QED) is 0.693. The number of aromatic nitrogens is 1. The highest BCUT2D eigenvalue weighted by Crippen LogP contribution is 2.42. The van der Waals surface area contributed by atoms with E-state index in [2.05, 4.69) is 21.9 Å². The molecule has 2 unspecified atom stereocenters. The number of aliphatic imine (C=N–C) groups is 1. The van der Waals surface area contributed by atoms with Crippen LogP contribution in [0.2, 0.25) is 0 Å². The maximum Gasteiger partial charge on any atom is 0.194 e.